The van der Waals surface area contributed by atoms with Gasteiger partial charge in [-0.25, -0.2) is 0 Å². The van der Waals surface area contributed by atoms with Crippen LogP contribution < -0.4 is 5.32 Å². The van der Waals surface area contributed by atoms with Crippen molar-refractivity contribution in [1.82, 2.24) is 5.32 Å². The largest absolute Gasteiger partial charge is 0.377 e. The number of carbonyl (C=O) groups excluding carboxylic acids is 1. The third kappa shape index (κ3) is 7.33. The minimum atomic E-state index is -0.00208. The minimum Gasteiger partial charge on any atom is -0.377 e. The van der Waals surface area contributed by atoms with E-state index < -0.39 is 0 Å². The summed E-state index contributed by atoms with van der Waals surface area (Å²) in [5, 5.41) is 2.66. The first-order chi connectivity index (χ1) is 5.16. The van der Waals surface area contributed by atoms with Crippen LogP contribution in [0.3, 0.4) is 0 Å². The summed E-state index contributed by atoms with van der Waals surface area (Å²) in [5.41, 5.74) is 0. The first-order valence-corrected chi connectivity index (χ1v) is 4.02. The van der Waals surface area contributed by atoms with Crippen LogP contribution in [0, 0.1) is 0 Å². The predicted molar refractivity (Wildman–Crippen MR) is 44.4 cm³/mol. The van der Waals surface area contributed by atoms with Gasteiger partial charge in [-0.3, -0.25) is 4.79 Å². The lowest BCUT2D eigenvalue weighted by Crippen LogP contribution is -2.25. The van der Waals surface area contributed by atoms with Crippen LogP contribution >= 0.6 is 0 Å². The molecule has 0 aliphatic heterocycles. The highest BCUT2D eigenvalue weighted by molar-refractivity contribution is 5.72. The lowest BCUT2D eigenvalue weighted by atomic mass is 10.3. The van der Waals surface area contributed by atoms with Crippen LogP contribution in [0.25, 0.3) is 0 Å². The predicted octanol–water partition coefficient (Wildman–Crippen LogP) is 0.938. The van der Waals surface area contributed by atoms with Gasteiger partial charge in [-0.15, -0.1) is 0 Å². The van der Waals surface area contributed by atoms with Crippen molar-refractivity contribution in [2.75, 3.05) is 13.2 Å². The van der Waals surface area contributed by atoms with Crippen LogP contribution in [0.15, 0.2) is 0 Å². The summed E-state index contributed by atoms with van der Waals surface area (Å²) in [7, 11) is 0. The van der Waals surface area contributed by atoms with Crippen molar-refractivity contribution in [3.8, 4) is 0 Å². The first kappa shape index (κ1) is 10.4. The SMILES string of the molecule is CCC(C)OCCNC(C)=O. The Hall–Kier alpha value is -0.570. The highest BCUT2D eigenvalue weighted by Gasteiger charge is 1.96. The van der Waals surface area contributed by atoms with E-state index in [0.29, 0.717) is 19.3 Å². The number of hydrogen-bond acceptors (Lipinski definition) is 2. The molecule has 0 rings (SSSR count). The summed E-state index contributed by atoms with van der Waals surface area (Å²) in [5.74, 6) is -0.00208. The molecule has 0 saturated heterocycles. The van der Waals surface area contributed by atoms with Gasteiger partial charge in [-0.05, 0) is 13.3 Å². The maximum atomic E-state index is 10.4. The molecule has 66 valence electrons. The highest BCUT2D eigenvalue weighted by atomic mass is 16.5. The maximum absolute atomic E-state index is 10.4. The summed E-state index contributed by atoms with van der Waals surface area (Å²) in [6.45, 7) is 6.81. The molecule has 0 fully saturated rings. The third-order valence-electron chi connectivity index (χ3n) is 1.45. The summed E-state index contributed by atoms with van der Waals surface area (Å²) in [4.78, 5) is 10.4. The van der Waals surface area contributed by atoms with E-state index in [1.165, 1.54) is 6.92 Å². The first-order valence-electron chi connectivity index (χ1n) is 4.02. The van der Waals surface area contributed by atoms with E-state index in [1.807, 2.05) is 6.92 Å². The average Bonchev–Trinajstić information content (AvgIpc) is 1.97. The molecule has 1 N–H and O–H groups in total. The molecular formula is C8H17NO2. The van der Waals surface area contributed by atoms with Crippen molar-refractivity contribution >= 4 is 5.91 Å². The van der Waals surface area contributed by atoms with Crippen LogP contribution in [0.5, 0.6) is 0 Å². The van der Waals surface area contributed by atoms with E-state index in [1.54, 1.807) is 0 Å². The Labute approximate surface area is 68.1 Å². The molecule has 0 aliphatic carbocycles. The molecule has 1 atom stereocenters. The van der Waals surface area contributed by atoms with Gasteiger partial charge in [0.1, 0.15) is 0 Å². The topological polar surface area (TPSA) is 38.3 Å². The van der Waals surface area contributed by atoms with Gasteiger partial charge in [0.25, 0.3) is 0 Å². The van der Waals surface area contributed by atoms with Crippen molar-refractivity contribution < 1.29 is 9.53 Å². The number of carbonyl (C=O) groups is 1. The fourth-order valence-electron chi connectivity index (χ4n) is 0.605. The van der Waals surface area contributed by atoms with Crippen LogP contribution in [0.4, 0.5) is 0 Å². The Morgan fingerprint density at radius 3 is 2.73 bits per heavy atom. The molecule has 0 radical (unpaired) electrons. The number of hydrogen-bond donors (Lipinski definition) is 1. The summed E-state index contributed by atoms with van der Waals surface area (Å²) in [6.07, 6.45) is 1.31. The molecule has 1 amide bonds. The monoisotopic (exact) mass is 159 g/mol. The summed E-state index contributed by atoms with van der Waals surface area (Å²) < 4.78 is 5.33. The molecular weight excluding hydrogens is 142 g/mol. The Morgan fingerprint density at radius 2 is 2.27 bits per heavy atom. The van der Waals surface area contributed by atoms with E-state index in [2.05, 4.69) is 12.2 Å². The van der Waals surface area contributed by atoms with E-state index in [-0.39, 0.29) is 5.91 Å². The Balaban J connectivity index is 3.08. The summed E-state index contributed by atoms with van der Waals surface area (Å²) in [6, 6.07) is 0. The second-order valence-electron chi connectivity index (χ2n) is 2.57. The minimum absolute atomic E-state index is 0.00208. The zero-order valence-corrected chi connectivity index (χ0v) is 7.52. The van der Waals surface area contributed by atoms with Gasteiger partial charge in [-0.1, -0.05) is 6.92 Å². The van der Waals surface area contributed by atoms with Crippen LogP contribution in [0.2, 0.25) is 0 Å². The van der Waals surface area contributed by atoms with Gasteiger partial charge in [0, 0.05) is 13.5 Å². The van der Waals surface area contributed by atoms with Crippen molar-refractivity contribution in [2.45, 2.75) is 33.3 Å². The van der Waals surface area contributed by atoms with Gasteiger partial charge < -0.3 is 10.1 Å². The number of amides is 1. The Kier molecular flexibility index (Phi) is 5.84. The standard InChI is InChI=1S/C8H17NO2/c1-4-7(2)11-6-5-9-8(3)10/h7H,4-6H2,1-3H3,(H,9,10). The molecule has 0 aliphatic rings. The Morgan fingerprint density at radius 1 is 1.64 bits per heavy atom. The van der Waals surface area contributed by atoms with Crippen molar-refractivity contribution in [3.05, 3.63) is 0 Å². The van der Waals surface area contributed by atoms with E-state index in [4.69, 9.17) is 4.74 Å². The Bertz CT molecular complexity index is 115. The third-order valence-corrected chi connectivity index (χ3v) is 1.45. The molecule has 0 bridgehead atoms. The average molecular weight is 159 g/mol. The highest BCUT2D eigenvalue weighted by Crippen LogP contribution is 1.93. The van der Waals surface area contributed by atoms with E-state index in [0.717, 1.165) is 6.42 Å². The van der Waals surface area contributed by atoms with Gasteiger partial charge in [-0.2, -0.15) is 0 Å². The number of nitrogens with one attached hydrogen (secondary N) is 1. The lowest BCUT2D eigenvalue weighted by Gasteiger charge is -2.09. The maximum Gasteiger partial charge on any atom is 0.216 e. The van der Waals surface area contributed by atoms with Crippen molar-refractivity contribution in [2.24, 2.45) is 0 Å². The smallest absolute Gasteiger partial charge is 0.216 e. The zero-order valence-electron chi connectivity index (χ0n) is 7.52. The van der Waals surface area contributed by atoms with Crippen LogP contribution in [0.1, 0.15) is 27.2 Å². The zero-order chi connectivity index (χ0) is 8.69. The molecule has 0 aromatic carbocycles. The van der Waals surface area contributed by atoms with Crippen molar-refractivity contribution in [1.29, 1.82) is 0 Å². The molecule has 0 aromatic heterocycles. The summed E-state index contributed by atoms with van der Waals surface area (Å²) >= 11 is 0. The fourth-order valence-corrected chi connectivity index (χ4v) is 0.605. The molecule has 0 heterocycles. The van der Waals surface area contributed by atoms with E-state index in [9.17, 15) is 4.79 Å². The quantitative estimate of drug-likeness (QED) is 0.606. The second-order valence-corrected chi connectivity index (χ2v) is 2.57. The second kappa shape index (κ2) is 6.16. The van der Waals surface area contributed by atoms with Gasteiger partial charge in [0.15, 0.2) is 0 Å². The number of rotatable bonds is 5. The van der Waals surface area contributed by atoms with E-state index >= 15 is 0 Å². The molecule has 0 spiro atoms. The van der Waals surface area contributed by atoms with Gasteiger partial charge in [0.05, 0.1) is 12.7 Å². The molecule has 3 heteroatoms. The van der Waals surface area contributed by atoms with Gasteiger partial charge >= 0.3 is 0 Å². The molecule has 0 aromatic rings. The van der Waals surface area contributed by atoms with Crippen LogP contribution in [-0.4, -0.2) is 25.2 Å². The molecule has 1 unspecified atom stereocenters. The lowest BCUT2D eigenvalue weighted by molar-refractivity contribution is -0.119. The van der Waals surface area contributed by atoms with Crippen molar-refractivity contribution in [3.63, 3.8) is 0 Å². The molecule has 11 heavy (non-hydrogen) atoms. The van der Waals surface area contributed by atoms with Crippen LogP contribution in [-0.2, 0) is 9.53 Å². The molecule has 3 nitrogen and oxygen atoms in total. The number of ether oxygens (including phenoxy) is 1. The van der Waals surface area contributed by atoms with Gasteiger partial charge in [0.2, 0.25) is 5.91 Å². The fraction of sp³-hybridized carbons (Fsp3) is 0.875. The molecule has 0 saturated carbocycles. The normalized spacial score (nSPS) is 12.6.